The van der Waals surface area contributed by atoms with Gasteiger partial charge in [0.1, 0.15) is 18.2 Å². The predicted molar refractivity (Wildman–Crippen MR) is 112 cm³/mol. The minimum Gasteiger partial charge on any atom is -0.491 e. The van der Waals surface area contributed by atoms with E-state index in [0.717, 1.165) is 32.1 Å². The fourth-order valence-electron chi connectivity index (χ4n) is 5.74. The molecule has 1 aromatic carbocycles. The number of piperidine rings is 3. The Morgan fingerprint density at radius 3 is 2.87 bits per heavy atom. The zero-order valence-electron chi connectivity index (χ0n) is 17.7. The van der Waals surface area contributed by atoms with Crippen LogP contribution in [-0.2, 0) is 4.79 Å². The van der Waals surface area contributed by atoms with Crippen LogP contribution in [0.3, 0.4) is 0 Å². The average Bonchev–Trinajstić information content (AvgIpc) is 2.75. The van der Waals surface area contributed by atoms with Crippen molar-refractivity contribution in [2.75, 3.05) is 26.2 Å². The Kier molecular flexibility index (Phi) is 6.27. The Balaban J connectivity index is 1.60. The van der Waals surface area contributed by atoms with Gasteiger partial charge >= 0.3 is 0 Å². The Morgan fingerprint density at radius 1 is 1.30 bits per heavy atom. The first-order valence-electron chi connectivity index (χ1n) is 11.3. The summed E-state index contributed by atoms with van der Waals surface area (Å²) < 4.78 is 19.6. The van der Waals surface area contributed by atoms with Crippen LogP contribution in [0.5, 0.6) is 5.75 Å². The van der Waals surface area contributed by atoms with Crippen LogP contribution in [0.15, 0.2) is 18.2 Å². The van der Waals surface area contributed by atoms with Gasteiger partial charge in [0.05, 0.1) is 5.56 Å². The summed E-state index contributed by atoms with van der Waals surface area (Å²) in [5.74, 6) is 0.564. The molecule has 4 rings (SSSR count). The van der Waals surface area contributed by atoms with E-state index in [-0.39, 0.29) is 47.9 Å². The van der Waals surface area contributed by atoms with Crippen LogP contribution >= 0.6 is 0 Å². The van der Waals surface area contributed by atoms with Gasteiger partial charge in [-0.15, -0.1) is 0 Å². The predicted octanol–water partition coefficient (Wildman–Crippen LogP) is 2.80. The molecule has 2 N–H and O–H groups in total. The second kappa shape index (κ2) is 8.92. The maximum atomic E-state index is 14.0. The first kappa shape index (κ1) is 21.1. The highest BCUT2D eigenvalue weighted by Crippen LogP contribution is 2.43. The van der Waals surface area contributed by atoms with Gasteiger partial charge < -0.3 is 20.3 Å². The molecule has 3 saturated heterocycles. The summed E-state index contributed by atoms with van der Waals surface area (Å²) in [7, 11) is 0. The fraction of sp³-hybridized carbons (Fsp3) is 0.652. The molecule has 3 aliphatic rings. The summed E-state index contributed by atoms with van der Waals surface area (Å²) in [6.07, 6.45) is 5.61. The van der Waals surface area contributed by atoms with Crippen LogP contribution < -0.4 is 10.5 Å². The molecule has 0 aromatic heterocycles. The number of likely N-dealkylation sites (tertiary alicyclic amines) is 1. The molecule has 2 amide bonds. The van der Waals surface area contributed by atoms with E-state index in [1.165, 1.54) is 18.2 Å². The molecule has 30 heavy (non-hydrogen) atoms. The number of hydrogen-bond acceptors (Lipinski definition) is 4. The SMILES string of the molecule is CCC[C@H]1[C@H]2C[C@H](CN(C(=O)c3cc(F)ccc3OCCN)C2)[C@@H]2CCCC(=O)N21. The molecule has 4 atom stereocenters. The standard InChI is InChI=1S/C23H32FN3O3/c1-2-4-19-15-11-16(20-5-3-6-22(28)27(19)20)14-26(13-15)23(29)18-12-17(24)7-8-21(18)30-10-9-25/h7-8,12,15-16,19-20H,2-6,9-11,13-14,25H2,1H3/t15-,16+,19-,20-/m0/s1. The average molecular weight is 418 g/mol. The van der Waals surface area contributed by atoms with Crippen molar-refractivity contribution < 1.29 is 18.7 Å². The van der Waals surface area contributed by atoms with Gasteiger partial charge in [0.15, 0.2) is 0 Å². The molecule has 0 aliphatic carbocycles. The van der Waals surface area contributed by atoms with E-state index in [4.69, 9.17) is 10.5 Å². The second-order valence-electron chi connectivity index (χ2n) is 8.86. The van der Waals surface area contributed by atoms with Gasteiger partial charge in [0.25, 0.3) is 5.91 Å². The molecular formula is C23H32FN3O3. The number of halogens is 1. The number of nitrogens with zero attached hydrogens (tertiary/aromatic N) is 2. The summed E-state index contributed by atoms with van der Waals surface area (Å²) in [5.41, 5.74) is 5.78. The fourth-order valence-corrected chi connectivity index (χ4v) is 5.74. The Bertz CT molecular complexity index is 802. The molecule has 3 heterocycles. The normalized spacial score (nSPS) is 28.3. The number of hydrogen-bond donors (Lipinski definition) is 1. The summed E-state index contributed by atoms with van der Waals surface area (Å²) in [4.78, 5) is 30.2. The summed E-state index contributed by atoms with van der Waals surface area (Å²) in [6.45, 7) is 3.95. The lowest BCUT2D eigenvalue weighted by Gasteiger charge is -2.56. The van der Waals surface area contributed by atoms with Crippen LogP contribution in [0.2, 0.25) is 0 Å². The van der Waals surface area contributed by atoms with E-state index in [2.05, 4.69) is 11.8 Å². The van der Waals surface area contributed by atoms with Crippen LogP contribution in [0.4, 0.5) is 4.39 Å². The molecule has 7 heteroatoms. The van der Waals surface area contributed by atoms with Crippen molar-refractivity contribution in [2.45, 2.75) is 57.5 Å². The molecular weight excluding hydrogens is 385 g/mol. The molecule has 164 valence electrons. The van der Waals surface area contributed by atoms with Crippen molar-refractivity contribution >= 4 is 11.8 Å². The van der Waals surface area contributed by atoms with Crippen LogP contribution in [0, 0.1) is 17.7 Å². The van der Waals surface area contributed by atoms with Gasteiger partial charge in [-0.2, -0.15) is 0 Å². The maximum absolute atomic E-state index is 14.0. The number of carbonyl (C=O) groups excluding carboxylic acids is 2. The van der Waals surface area contributed by atoms with E-state index < -0.39 is 5.82 Å². The number of ether oxygens (including phenoxy) is 1. The van der Waals surface area contributed by atoms with E-state index in [0.29, 0.717) is 31.8 Å². The molecule has 0 spiro atoms. The monoisotopic (exact) mass is 417 g/mol. The Morgan fingerprint density at radius 2 is 2.10 bits per heavy atom. The van der Waals surface area contributed by atoms with Crippen molar-refractivity contribution in [1.82, 2.24) is 9.80 Å². The van der Waals surface area contributed by atoms with Gasteiger partial charge in [0.2, 0.25) is 5.91 Å². The summed E-state index contributed by atoms with van der Waals surface area (Å²) >= 11 is 0. The van der Waals surface area contributed by atoms with Gasteiger partial charge in [-0.05, 0) is 55.7 Å². The maximum Gasteiger partial charge on any atom is 0.257 e. The first-order chi connectivity index (χ1) is 14.5. The van der Waals surface area contributed by atoms with Crippen molar-refractivity contribution in [3.8, 4) is 5.75 Å². The largest absolute Gasteiger partial charge is 0.491 e. The molecule has 2 bridgehead atoms. The molecule has 0 unspecified atom stereocenters. The third-order valence-corrected chi connectivity index (χ3v) is 6.92. The smallest absolute Gasteiger partial charge is 0.257 e. The number of carbonyl (C=O) groups is 2. The van der Waals surface area contributed by atoms with E-state index >= 15 is 0 Å². The number of fused-ring (bicyclic) bond motifs is 4. The number of benzene rings is 1. The molecule has 0 radical (unpaired) electrons. The lowest BCUT2D eigenvalue weighted by molar-refractivity contribution is -0.152. The van der Waals surface area contributed by atoms with Gasteiger partial charge in [-0.1, -0.05) is 13.3 Å². The molecule has 6 nitrogen and oxygen atoms in total. The van der Waals surface area contributed by atoms with Crippen molar-refractivity contribution in [1.29, 1.82) is 0 Å². The third kappa shape index (κ3) is 3.92. The highest BCUT2D eigenvalue weighted by atomic mass is 19.1. The van der Waals surface area contributed by atoms with E-state index in [9.17, 15) is 14.0 Å². The molecule has 3 fully saturated rings. The molecule has 3 aliphatic heterocycles. The Labute approximate surface area is 177 Å². The topological polar surface area (TPSA) is 75.9 Å². The lowest BCUT2D eigenvalue weighted by Crippen LogP contribution is -2.65. The van der Waals surface area contributed by atoms with E-state index in [1.807, 2.05) is 4.90 Å². The third-order valence-electron chi connectivity index (χ3n) is 6.92. The van der Waals surface area contributed by atoms with Crippen LogP contribution in [0.1, 0.15) is 55.8 Å². The van der Waals surface area contributed by atoms with Crippen molar-refractivity contribution in [3.63, 3.8) is 0 Å². The summed E-state index contributed by atoms with van der Waals surface area (Å²) in [5, 5.41) is 0. The van der Waals surface area contributed by atoms with Crippen molar-refractivity contribution in [2.24, 2.45) is 17.6 Å². The minimum absolute atomic E-state index is 0.193. The van der Waals surface area contributed by atoms with Gasteiger partial charge in [-0.3, -0.25) is 9.59 Å². The quantitative estimate of drug-likeness (QED) is 0.772. The molecule has 0 saturated carbocycles. The van der Waals surface area contributed by atoms with Crippen molar-refractivity contribution in [3.05, 3.63) is 29.6 Å². The lowest BCUT2D eigenvalue weighted by atomic mass is 9.71. The zero-order chi connectivity index (χ0) is 21.3. The first-order valence-corrected chi connectivity index (χ1v) is 11.3. The van der Waals surface area contributed by atoms with Gasteiger partial charge in [0, 0.05) is 38.1 Å². The zero-order valence-corrected chi connectivity index (χ0v) is 17.7. The molecule has 1 aromatic rings. The van der Waals surface area contributed by atoms with Gasteiger partial charge in [-0.25, -0.2) is 4.39 Å². The Hall–Kier alpha value is -2.15. The number of nitrogens with two attached hydrogens (primary N) is 1. The van der Waals surface area contributed by atoms with Crippen LogP contribution in [0.25, 0.3) is 0 Å². The highest BCUT2D eigenvalue weighted by Gasteiger charge is 2.49. The van der Waals surface area contributed by atoms with Crippen LogP contribution in [-0.4, -0.2) is 59.9 Å². The summed E-state index contributed by atoms with van der Waals surface area (Å²) in [6, 6.07) is 4.48. The van der Waals surface area contributed by atoms with E-state index in [1.54, 1.807) is 0 Å². The number of rotatable bonds is 6. The highest BCUT2D eigenvalue weighted by molar-refractivity contribution is 5.97. The second-order valence-corrected chi connectivity index (χ2v) is 8.86. The minimum atomic E-state index is -0.455. The number of amides is 2.